The lowest BCUT2D eigenvalue weighted by Gasteiger charge is -2.18. The molecule has 1 amide bonds. The number of amides is 1. The average Bonchev–Trinajstić information content (AvgIpc) is 3.48. The van der Waals surface area contributed by atoms with Crippen LogP contribution in [0.15, 0.2) is 54.7 Å². The number of aromatic nitrogens is 2. The number of carbonyl (C=O) groups excluding carboxylic acids is 1. The number of nitrogens with one attached hydrogen (secondary N) is 2. The van der Waals surface area contributed by atoms with Crippen molar-refractivity contribution >= 4 is 5.91 Å². The van der Waals surface area contributed by atoms with Gasteiger partial charge in [0.05, 0.1) is 25.3 Å². The van der Waals surface area contributed by atoms with Crippen molar-refractivity contribution in [2.75, 3.05) is 7.11 Å². The van der Waals surface area contributed by atoms with E-state index >= 15 is 0 Å². The van der Waals surface area contributed by atoms with E-state index in [4.69, 9.17) is 4.74 Å². The van der Waals surface area contributed by atoms with Crippen molar-refractivity contribution in [3.05, 3.63) is 82.9 Å². The van der Waals surface area contributed by atoms with E-state index in [9.17, 15) is 4.79 Å². The Morgan fingerprint density at radius 2 is 1.89 bits per heavy atom. The van der Waals surface area contributed by atoms with E-state index in [1.165, 1.54) is 18.4 Å². The predicted molar refractivity (Wildman–Crippen MR) is 108 cm³/mol. The van der Waals surface area contributed by atoms with Gasteiger partial charge in [-0.05, 0) is 54.5 Å². The van der Waals surface area contributed by atoms with Crippen molar-refractivity contribution < 1.29 is 9.53 Å². The molecule has 5 nitrogen and oxygen atoms in total. The summed E-state index contributed by atoms with van der Waals surface area (Å²) in [4.78, 5) is 20.4. The third kappa shape index (κ3) is 4.25. The predicted octanol–water partition coefficient (Wildman–Crippen LogP) is 4.05. The van der Waals surface area contributed by atoms with E-state index in [2.05, 4.69) is 39.6 Å². The second kappa shape index (κ2) is 7.89. The topological polar surface area (TPSA) is 67.0 Å². The summed E-state index contributed by atoms with van der Waals surface area (Å²) in [6.07, 6.45) is 4.76. The van der Waals surface area contributed by atoms with Crippen LogP contribution < -0.4 is 10.1 Å². The maximum absolute atomic E-state index is 12.8. The summed E-state index contributed by atoms with van der Waals surface area (Å²) in [5.74, 6) is 2.30. The molecule has 1 fully saturated rings. The zero-order valence-corrected chi connectivity index (χ0v) is 16.2. The van der Waals surface area contributed by atoms with Gasteiger partial charge in [-0.2, -0.15) is 0 Å². The molecule has 0 bridgehead atoms. The summed E-state index contributed by atoms with van der Waals surface area (Å²) < 4.78 is 5.24. The normalized spacial score (nSPS) is 14.5. The highest BCUT2D eigenvalue weighted by molar-refractivity contribution is 5.79. The molecule has 0 spiro atoms. The lowest BCUT2D eigenvalue weighted by atomic mass is 10.0. The second-order valence-corrected chi connectivity index (χ2v) is 7.38. The molecule has 0 aliphatic heterocycles. The molecule has 1 unspecified atom stereocenters. The molecule has 5 heteroatoms. The quantitative estimate of drug-likeness (QED) is 0.655. The molecule has 1 saturated carbocycles. The first-order valence-corrected chi connectivity index (χ1v) is 9.66. The van der Waals surface area contributed by atoms with Gasteiger partial charge in [0.1, 0.15) is 11.6 Å². The van der Waals surface area contributed by atoms with E-state index in [1.807, 2.05) is 37.4 Å². The van der Waals surface area contributed by atoms with Crippen LogP contribution >= 0.6 is 0 Å². The first kappa shape index (κ1) is 18.3. The van der Waals surface area contributed by atoms with E-state index in [0.29, 0.717) is 6.42 Å². The molecule has 0 saturated heterocycles. The van der Waals surface area contributed by atoms with Gasteiger partial charge in [-0.1, -0.05) is 36.4 Å². The summed E-state index contributed by atoms with van der Waals surface area (Å²) in [6.45, 7) is 1.90. The summed E-state index contributed by atoms with van der Waals surface area (Å²) >= 11 is 0. The lowest BCUT2D eigenvalue weighted by molar-refractivity contribution is -0.120. The van der Waals surface area contributed by atoms with E-state index in [-0.39, 0.29) is 11.9 Å². The van der Waals surface area contributed by atoms with Gasteiger partial charge in [0.15, 0.2) is 0 Å². The molecule has 1 heterocycles. The molecular formula is C23H25N3O2. The van der Waals surface area contributed by atoms with Gasteiger partial charge in [0, 0.05) is 6.20 Å². The van der Waals surface area contributed by atoms with E-state index in [0.717, 1.165) is 34.3 Å². The number of benzene rings is 2. The Bertz CT molecular complexity index is 941. The Hall–Kier alpha value is -3.08. The van der Waals surface area contributed by atoms with Crippen LogP contribution in [-0.4, -0.2) is 23.0 Å². The van der Waals surface area contributed by atoms with E-state index < -0.39 is 0 Å². The molecule has 1 aliphatic rings. The van der Waals surface area contributed by atoms with Gasteiger partial charge >= 0.3 is 0 Å². The fourth-order valence-corrected chi connectivity index (χ4v) is 3.43. The molecule has 1 atom stereocenters. The molecule has 3 aromatic rings. The number of ether oxygens (including phenoxy) is 1. The zero-order valence-electron chi connectivity index (χ0n) is 16.2. The number of imidazole rings is 1. The van der Waals surface area contributed by atoms with Gasteiger partial charge in [-0.25, -0.2) is 4.98 Å². The van der Waals surface area contributed by atoms with Crippen LogP contribution in [0.5, 0.6) is 5.75 Å². The Morgan fingerprint density at radius 1 is 1.18 bits per heavy atom. The number of aromatic amines is 1. The van der Waals surface area contributed by atoms with Crippen LogP contribution in [0.25, 0.3) is 0 Å². The fourth-order valence-electron chi connectivity index (χ4n) is 3.43. The first-order valence-electron chi connectivity index (χ1n) is 9.66. The van der Waals surface area contributed by atoms with Crippen molar-refractivity contribution in [1.82, 2.24) is 15.3 Å². The molecule has 2 N–H and O–H groups in total. The number of nitrogens with zero attached hydrogens (tertiary/aromatic N) is 1. The summed E-state index contributed by atoms with van der Waals surface area (Å²) in [7, 11) is 1.64. The maximum atomic E-state index is 12.8. The first-order chi connectivity index (χ1) is 13.6. The average molecular weight is 375 g/mol. The summed E-state index contributed by atoms with van der Waals surface area (Å²) in [6, 6.07) is 15.8. The molecule has 1 aromatic heterocycles. The van der Waals surface area contributed by atoms with Crippen LogP contribution in [0.1, 0.15) is 53.0 Å². The summed E-state index contributed by atoms with van der Waals surface area (Å²) in [5.41, 5.74) is 4.16. The second-order valence-electron chi connectivity index (χ2n) is 7.38. The molecule has 1 aliphatic carbocycles. The summed E-state index contributed by atoms with van der Waals surface area (Å²) in [5, 5.41) is 3.14. The Kier molecular flexibility index (Phi) is 5.15. The van der Waals surface area contributed by atoms with Crippen LogP contribution in [0.3, 0.4) is 0 Å². The molecule has 2 aromatic carbocycles. The number of carbonyl (C=O) groups is 1. The Morgan fingerprint density at radius 3 is 2.46 bits per heavy atom. The Labute approximate surface area is 165 Å². The van der Waals surface area contributed by atoms with Gasteiger partial charge < -0.3 is 15.0 Å². The minimum Gasteiger partial charge on any atom is -0.497 e. The van der Waals surface area contributed by atoms with E-state index in [1.54, 1.807) is 7.11 Å². The molecule has 28 heavy (non-hydrogen) atoms. The van der Waals surface area contributed by atoms with Crippen molar-refractivity contribution in [3.8, 4) is 5.75 Å². The molecule has 4 rings (SSSR count). The van der Waals surface area contributed by atoms with Crippen LogP contribution in [0, 0.1) is 6.92 Å². The van der Waals surface area contributed by atoms with Crippen molar-refractivity contribution in [2.45, 2.75) is 38.1 Å². The maximum Gasteiger partial charge on any atom is 0.225 e. The Balaban J connectivity index is 1.49. The number of hydrogen-bond donors (Lipinski definition) is 2. The van der Waals surface area contributed by atoms with Crippen LogP contribution in [0.2, 0.25) is 0 Å². The van der Waals surface area contributed by atoms with Gasteiger partial charge in [-0.15, -0.1) is 0 Å². The largest absolute Gasteiger partial charge is 0.497 e. The molecule has 0 radical (unpaired) electrons. The minimum absolute atomic E-state index is 0.0272. The highest BCUT2D eigenvalue weighted by atomic mass is 16.5. The highest BCUT2D eigenvalue weighted by Crippen LogP contribution is 2.39. The van der Waals surface area contributed by atoms with Gasteiger partial charge in [-0.3, -0.25) is 4.79 Å². The SMILES string of the molecule is COc1ccc(C(NC(=O)Cc2ccc(C3CC3)cc2)c2c[nH]c(C)n2)cc1. The highest BCUT2D eigenvalue weighted by Gasteiger charge is 2.23. The number of methoxy groups -OCH3 is 1. The number of H-pyrrole nitrogens is 1. The zero-order chi connectivity index (χ0) is 19.5. The number of hydrogen-bond acceptors (Lipinski definition) is 3. The smallest absolute Gasteiger partial charge is 0.225 e. The fraction of sp³-hybridized carbons (Fsp3) is 0.304. The standard InChI is InChI=1S/C23H25N3O2/c1-15-24-14-21(25-15)23(19-9-11-20(28-2)12-10-19)26-22(27)13-16-3-5-17(6-4-16)18-7-8-18/h3-6,9-12,14,18,23H,7-8,13H2,1-2H3,(H,24,25)(H,26,27). The number of aryl methyl sites for hydroxylation is 1. The third-order valence-corrected chi connectivity index (χ3v) is 5.17. The molecular weight excluding hydrogens is 350 g/mol. The van der Waals surface area contributed by atoms with Crippen LogP contribution in [-0.2, 0) is 11.2 Å². The third-order valence-electron chi connectivity index (χ3n) is 5.17. The monoisotopic (exact) mass is 375 g/mol. The number of rotatable bonds is 7. The minimum atomic E-state index is -0.311. The van der Waals surface area contributed by atoms with Gasteiger partial charge in [0.2, 0.25) is 5.91 Å². The van der Waals surface area contributed by atoms with Crippen molar-refractivity contribution in [2.24, 2.45) is 0 Å². The van der Waals surface area contributed by atoms with Crippen molar-refractivity contribution in [3.63, 3.8) is 0 Å². The van der Waals surface area contributed by atoms with Crippen LogP contribution in [0.4, 0.5) is 0 Å². The van der Waals surface area contributed by atoms with Gasteiger partial charge in [0.25, 0.3) is 0 Å². The molecule has 144 valence electrons. The lowest BCUT2D eigenvalue weighted by Crippen LogP contribution is -2.30. The van der Waals surface area contributed by atoms with Crippen molar-refractivity contribution in [1.29, 1.82) is 0 Å².